The van der Waals surface area contributed by atoms with Crippen molar-refractivity contribution in [2.24, 2.45) is 5.41 Å². The Morgan fingerprint density at radius 1 is 1.20 bits per heavy atom. The van der Waals surface area contributed by atoms with Crippen LogP contribution in [0.15, 0.2) is 53.1 Å². The molecule has 1 atom stereocenters. The monoisotopic (exact) mass is 340 g/mol. The van der Waals surface area contributed by atoms with Crippen molar-refractivity contribution in [1.29, 1.82) is 0 Å². The third-order valence-electron chi connectivity index (χ3n) is 5.37. The number of carbonyl (C=O) groups is 1. The summed E-state index contributed by atoms with van der Waals surface area (Å²) in [4.78, 5) is 16.6. The molecule has 0 radical (unpaired) electrons. The molecule has 1 unspecified atom stereocenters. The third-order valence-corrected chi connectivity index (χ3v) is 5.37. The molecule has 0 aliphatic carbocycles. The van der Waals surface area contributed by atoms with Gasteiger partial charge in [0.05, 0.1) is 19.5 Å². The molecule has 1 aromatic carbocycles. The Morgan fingerprint density at radius 3 is 2.72 bits per heavy atom. The number of likely N-dealkylation sites (tertiary alicyclic amines) is 2. The minimum atomic E-state index is 0.00190. The summed E-state index contributed by atoms with van der Waals surface area (Å²) in [6.45, 7) is 4.03. The summed E-state index contributed by atoms with van der Waals surface area (Å²) >= 11 is 0. The van der Waals surface area contributed by atoms with E-state index in [2.05, 4.69) is 24.1 Å². The first kappa shape index (κ1) is 16.4. The van der Waals surface area contributed by atoms with E-state index in [1.165, 1.54) is 5.56 Å². The zero-order valence-corrected chi connectivity index (χ0v) is 14.6. The van der Waals surface area contributed by atoms with Gasteiger partial charge in [-0.3, -0.25) is 4.79 Å². The van der Waals surface area contributed by atoms with Gasteiger partial charge >= 0.3 is 0 Å². The number of furan rings is 1. The predicted octanol–water partition coefficient (Wildman–Crippen LogP) is 2.64. The maximum Gasteiger partial charge on any atom is 0.289 e. The highest BCUT2D eigenvalue weighted by atomic mass is 16.5. The molecule has 2 saturated heterocycles. The Bertz CT molecular complexity index is 708. The van der Waals surface area contributed by atoms with E-state index in [1.807, 2.05) is 23.1 Å². The highest BCUT2D eigenvalue weighted by molar-refractivity contribution is 5.92. The van der Waals surface area contributed by atoms with Crippen molar-refractivity contribution >= 4 is 5.91 Å². The fourth-order valence-corrected chi connectivity index (χ4v) is 4.14. The van der Waals surface area contributed by atoms with E-state index in [0.29, 0.717) is 18.4 Å². The maximum absolute atomic E-state index is 12.3. The van der Waals surface area contributed by atoms with E-state index in [4.69, 9.17) is 9.15 Å². The van der Waals surface area contributed by atoms with Gasteiger partial charge in [-0.1, -0.05) is 30.3 Å². The van der Waals surface area contributed by atoms with Crippen molar-refractivity contribution in [2.45, 2.75) is 19.1 Å². The standard InChI is InChI=1S/C20H24N2O3/c1-21-13-20(14-22(15-20)19(23)18-8-5-9-25-18)10-17(21)12-24-11-16-6-3-2-4-7-16/h2-9,17H,10-15H2,1H3. The SMILES string of the molecule is CN1CC2(CC1COCc1ccccc1)CN(C(=O)c1ccco1)C2. The Kier molecular flexibility index (Phi) is 4.36. The van der Waals surface area contributed by atoms with Crippen LogP contribution in [-0.2, 0) is 11.3 Å². The average Bonchev–Trinajstić information content (AvgIpc) is 3.22. The molecule has 132 valence electrons. The Labute approximate surface area is 148 Å². The summed E-state index contributed by atoms with van der Waals surface area (Å²) in [5.41, 5.74) is 1.43. The first-order valence-electron chi connectivity index (χ1n) is 8.80. The molecular weight excluding hydrogens is 316 g/mol. The molecule has 2 fully saturated rings. The topological polar surface area (TPSA) is 45.9 Å². The predicted molar refractivity (Wildman–Crippen MR) is 94.2 cm³/mol. The van der Waals surface area contributed by atoms with Gasteiger partial charge in [-0.2, -0.15) is 0 Å². The normalized spacial score (nSPS) is 22.3. The Balaban J connectivity index is 1.27. The van der Waals surface area contributed by atoms with Gasteiger partial charge in [0, 0.05) is 31.1 Å². The fraction of sp³-hybridized carbons (Fsp3) is 0.450. The number of hydrogen-bond acceptors (Lipinski definition) is 4. The lowest BCUT2D eigenvalue weighted by Gasteiger charge is -2.47. The van der Waals surface area contributed by atoms with E-state index in [0.717, 1.165) is 32.7 Å². The van der Waals surface area contributed by atoms with Crippen molar-refractivity contribution in [2.75, 3.05) is 33.3 Å². The van der Waals surface area contributed by atoms with Gasteiger partial charge in [-0.05, 0) is 31.2 Å². The van der Waals surface area contributed by atoms with Gasteiger partial charge in [0.25, 0.3) is 5.91 Å². The van der Waals surface area contributed by atoms with Gasteiger partial charge in [0.2, 0.25) is 0 Å². The van der Waals surface area contributed by atoms with Gasteiger partial charge in [0.15, 0.2) is 5.76 Å². The van der Waals surface area contributed by atoms with Crippen molar-refractivity contribution < 1.29 is 13.9 Å². The molecule has 0 N–H and O–H groups in total. The summed E-state index contributed by atoms with van der Waals surface area (Å²) in [5.74, 6) is 0.436. The minimum Gasteiger partial charge on any atom is -0.459 e. The number of hydrogen-bond donors (Lipinski definition) is 0. The van der Waals surface area contributed by atoms with E-state index in [9.17, 15) is 4.79 Å². The molecule has 0 bridgehead atoms. The third kappa shape index (κ3) is 3.34. The molecule has 0 saturated carbocycles. The summed E-state index contributed by atoms with van der Waals surface area (Å²) in [6, 6.07) is 14.2. The van der Waals surface area contributed by atoms with E-state index in [1.54, 1.807) is 18.4 Å². The molecule has 1 amide bonds. The summed E-state index contributed by atoms with van der Waals surface area (Å²) in [7, 11) is 2.16. The number of benzene rings is 1. The van der Waals surface area contributed by atoms with Crippen molar-refractivity contribution in [3.8, 4) is 0 Å². The number of rotatable bonds is 5. The zero-order valence-electron chi connectivity index (χ0n) is 14.6. The number of ether oxygens (including phenoxy) is 1. The quantitative estimate of drug-likeness (QED) is 0.839. The molecule has 4 rings (SSSR count). The molecule has 2 aliphatic heterocycles. The van der Waals surface area contributed by atoms with Crippen molar-refractivity contribution in [3.63, 3.8) is 0 Å². The zero-order chi connectivity index (χ0) is 17.3. The molecular formula is C20H24N2O3. The maximum atomic E-state index is 12.3. The second-order valence-electron chi connectivity index (χ2n) is 7.41. The van der Waals surface area contributed by atoms with Crippen molar-refractivity contribution in [1.82, 2.24) is 9.80 Å². The van der Waals surface area contributed by atoms with Crippen LogP contribution in [0.2, 0.25) is 0 Å². The second-order valence-corrected chi connectivity index (χ2v) is 7.41. The second kappa shape index (κ2) is 6.65. The molecule has 5 nitrogen and oxygen atoms in total. The summed E-state index contributed by atoms with van der Waals surface area (Å²) in [5, 5.41) is 0. The van der Waals surface area contributed by atoms with Crippen LogP contribution in [0.1, 0.15) is 22.5 Å². The van der Waals surface area contributed by atoms with Crippen LogP contribution < -0.4 is 0 Å². The fourth-order valence-electron chi connectivity index (χ4n) is 4.14. The lowest BCUT2D eigenvalue weighted by atomic mass is 9.77. The molecule has 25 heavy (non-hydrogen) atoms. The highest BCUT2D eigenvalue weighted by Crippen LogP contribution is 2.42. The first-order valence-corrected chi connectivity index (χ1v) is 8.80. The van der Waals surface area contributed by atoms with Crippen molar-refractivity contribution in [3.05, 3.63) is 60.1 Å². The van der Waals surface area contributed by atoms with E-state index in [-0.39, 0.29) is 11.3 Å². The lowest BCUT2D eigenvalue weighted by Crippen LogP contribution is -2.59. The van der Waals surface area contributed by atoms with Crippen LogP contribution in [0.4, 0.5) is 0 Å². The smallest absolute Gasteiger partial charge is 0.289 e. The van der Waals surface area contributed by atoms with Gasteiger partial charge < -0.3 is 19.0 Å². The van der Waals surface area contributed by atoms with Crippen LogP contribution in [-0.4, -0.2) is 55.0 Å². The first-order chi connectivity index (χ1) is 12.2. The van der Waals surface area contributed by atoms with Gasteiger partial charge in [0.1, 0.15) is 0 Å². The van der Waals surface area contributed by atoms with Crippen LogP contribution >= 0.6 is 0 Å². The number of carbonyl (C=O) groups excluding carboxylic acids is 1. The largest absolute Gasteiger partial charge is 0.459 e. The summed E-state index contributed by atoms with van der Waals surface area (Å²) in [6.07, 6.45) is 2.63. The number of amides is 1. The molecule has 3 heterocycles. The number of nitrogens with zero attached hydrogens (tertiary/aromatic N) is 2. The highest BCUT2D eigenvalue weighted by Gasteiger charge is 2.52. The Hall–Kier alpha value is -2.11. The van der Waals surface area contributed by atoms with Crippen LogP contribution in [0, 0.1) is 5.41 Å². The average molecular weight is 340 g/mol. The van der Waals surface area contributed by atoms with Crippen LogP contribution in [0.3, 0.4) is 0 Å². The number of likely N-dealkylation sites (N-methyl/N-ethyl adjacent to an activating group) is 1. The van der Waals surface area contributed by atoms with E-state index < -0.39 is 0 Å². The molecule has 1 spiro atoms. The molecule has 1 aromatic heterocycles. The summed E-state index contributed by atoms with van der Waals surface area (Å²) < 4.78 is 11.2. The van der Waals surface area contributed by atoms with Crippen LogP contribution in [0.5, 0.6) is 0 Å². The Morgan fingerprint density at radius 2 is 2.00 bits per heavy atom. The minimum absolute atomic E-state index is 0.00190. The molecule has 5 heteroatoms. The lowest BCUT2D eigenvalue weighted by molar-refractivity contribution is 0.00852. The molecule has 2 aliphatic rings. The van der Waals surface area contributed by atoms with E-state index >= 15 is 0 Å². The van der Waals surface area contributed by atoms with Gasteiger partial charge in [-0.25, -0.2) is 0 Å². The van der Waals surface area contributed by atoms with Crippen LogP contribution in [0.25, 0.3) is 0 Å². The van der Waals surface area contributed by atoms with Gasteiger partial charge in [-0.15, -0.1) is 0 Å². The molecule has 2 aromatic rings.